The molecule has 0 radical (unpaired) electrons. The minimum atomic E-state index is -0.556. The summed E-state index contributed by atoms with van der Waals surface area (Å²) >= 11 is 0. The van der Waals surface area contributed by atoms with E-state index in [1.54, 1.807) is 0 Å². The van der Waals surface area contributed by atoms with Crippen LogP contribution in [0.2, 0.25) is 0 Å². The van der Waals surface area contributed by atoms with Crippen LogP contribution in [-0.4, -0.2) is 21.9 Å². The molecule has 2 aliphatic rings. The molecule has 0 unspecified atom stereocenters. The number of carbonyl (C=O) groups is 1. The van der Waals surface area contributed by atoms with Gasteiger partial charge in [-0.15, -0.1) is 0 Å². The maximum atomic E-state index is 14.4. The molecule has 5 atom stereocenters. The standard InChI is InChI=1S/C20H25FN6O/c1-10-5-12-7-14(10)17(16(12)18(23)28)26-19-15(21)9-24-20(27-19)25-13-4-2-3-11(6-13)8-22/h2-4,6,9-10,12,14,16-17H,5,7-8,22H2,1H3,(H2,23,28)(H2,24,25,26,27)/t10-,12-,14-,16+,17-/m1/s1. The van der Waals surface area contributed by atoms with Crippen molar-refractivity contribution in [2.45, 2.75) is 32.4 Å². The van der Waals surface area contributed by atoms with Gasteiger partial charge in [0, 0.05) is 18.3 Å². The minimum Gasteiger partial charge on any atom is -0.369 e. The van der Waals surface area contributed by atoms with Crippen molar-refractivity contribution < 1.29 is 9.18 Å². The number of nitrogens with one attached hydrogen (secondary N) is 2. The fourth-order valence-corrected chi connectivity index (χ4v) is 4.88. The van der Waals surface area contributed by atoms with Gasteiger partial charge in [0.05, 0.1) is 12.1 Å². The summed E-state index contributed by atoms with van der Waals surface area (Å²) in [7, 11) is 0. The van der Waals surface area contributed by atoms with Gasteiger partial charge in [-0.1, -0.05) is 19.1 Å². The highest BCUT2D eigenvalue weighted by atomic mass is 19.1. The molecule has 2 aliphatic carbocycles. The number of hydrogen-bond donors (Lipinski definition) is 4. The fourth-order valence-electron chi connectivity index (χ4n) is 4.88. The topological polar surface area (TPSA) is 119 Å². The zero-order valence-corrected chi connectivity index (χ0v) is 15.7. The van der Waals surface area contributed by atoms with Gasteiger partial charge in [-0.25, -0.2) is 9.37 Å². The lowest BCUT2D eigenvalue weighted by atomic mass is 9.78. The van der Waals surface area contributed by atoms with Crippen LogP contribution >= 0.6 is 0 Å². The van der Waals surface area contributed by atoms with E-state index in [1.807, 2.05) is 24.3 Å². The van der Waals surface area contributed by atoms with E-state index in [2.05, 4.69) is 27.5 Å². The summed E-state index contributed by atoms with van der Waals surface area (Å²) in [5.74, 6) is 0.190. The van der Waals surface area contributed by atoms with Crippen LogP contribution in [0.1, 0.15) is 25.3 Å². The number of nitrogens with two attached hydrogens (primary N) is 2. The first-order valence-corrected chi connectivity index (χ1v) is 9.60. The molecule has 148 valence electrons. The highest BCUT2D eigenvalue weighted by Gasteiger charge is 2.53. The number of primary amides is 1. The first kappa shape index (κ1) is 18.6. The maximum absolute atomic E-state index is 14.4. The Morgan fingerprint density at radius 3 is 2.93 bits per heavy atom. The van der Waals surface area contributed by atoms with Gasteiger partial charge in [0.25, 0.3) is 0 Å². The lowest BCUT2D eigenvalue weighted by molar-refractivity contribution is -0.123. The zero-order valence-electron chi connectivity index (χ0n) is 15.7. The van der Waals surface area contributed by atoms with Crippen LogP contribution in [0.3, 0.4) is 0 Å². The summed E-state index contributed by atoms with van der Waals surface area (Å²) in [6.07, 6.45) is 3.06. The monoisotopic (exact) mass is 384 g/mol. The molecule has 4 rings (SSSR count). The Labute approximate surface area is 163 Å². The molecule has 28 heavy (non-hydrogen) atoms. The number of aromatic nitrogens is 2. The number of hydrogen-bond acceptors (Lipinski definition) is 6. The van der Waals surface area contributed by atoms with Crippen LogP contribution in [0.4, 0.5) is 21.8 Å². The number of nitrogens with zero attached hydrogens (tertiary/aromatic N) is 2. The Hall–Kier alpha value is -2.74. The molecular formula is C20H25FN6O. The third-order valence-corrected chi connectivity index (χ3v) is 6.13. The second kappa shape index (κ2) is 7.35. The lowest BCUT2D eigenvalue weighted by Gasteiger charge is -2.33. The third kappa shape index (κ3) is 3.40. The number of carbonyl (C=O) groups excluding carboxylic acids is 1. The van der Waals surface area contributed by atoms with Crippen LogP contribution in [0.5, 0.6) is 0 Å². The third-order valence-electron chi connectivity index (χ3n) is 6.13. The van der Waals surface area contributed by atoms with Crippen molar-refractivity contribution >= 4 is 23.4 Å². The average Bonchev–Trinajstić information content (AvgIpc) is 3.21. The molecule has 2 fully saturated rings. The number of fused-ring (bicyclic) bond motifs is 2. The van der Waals surface area contributed by atoms with E-state index in [-0.39, 0.29) is 41.5 Å². The molecule has 1 aromatic carbocycles. The Morgan fingerprint density at radius 1 is 1.36 bits per heavy atom. The summed E-state index contributed by atoms with van der Waals surface area (Å²) < 4.78 is 14.4. The van der Waals surface area contributed by atoms with E-state index in [9.17, 15) is 9.18 Å². The molecule has 7 nitrogen and oxygen atoms in total. The highest BCUT2D eigenvalue weighted by molar-refractivity contribution is 5.79. The van der Waals surface area contributed by atoms with Gasteiger partial charge in [0.1, 0.15) is 0 Å². The first-order valence-electron chi connectivity index (χ1n) is 9.60. The molecule has 1 heterocycles. The molecule has 6 N–H and O–H groups in total. The summed E-state index contributed by atoms with van der Waals surface area (Å²) in [6.45, 7) is 2.59. The Morgan fingerprint density at radius 2 is 2.18 bits per heavy atom. The van der Waals surface area contributed by atoms with Crippen LogP contribution in [0.15, 0.2) is 30.5 Å². The second-order valence-corrected chi connectivity index (χ2v) is 7.89. The Kier molecular flexibility index (Phi) is 4.89. The van der Waals surface area contributed by atoms with Gasteiger partial charge >= 0.3 is 0 Å². The molecule has 8 heteroatoms. The maximum Gasteiger partial charge on any atom is 0.229 e. The molecule has 2 bridgehead atoms. The number of benzene rings is 1. The largest absolute Gasteiger partial charge is 0.369 e. The summed E-state index contributed by atoms with van der Waals surface area (Å²) in [6, 6.07) is 7.34. The predicted molar refractivity (Wildman–Crippen MR) is 105 cm³/mol. The van der Waals surface area contributed by atoms with Crippen molar-refractivity contribution in [2.24, 2.45) is 35.1 Å². The average molecular weight is 384 g/mol. The van der Waals surface area contributed by atoms with Crippen molar-refractivity contribution in [3.05, 3.63) is 41.8 Å². The SMILES string of the molecule is C[C@@H]1C[C@@H]2C[C@H]1[C@@H](Nc1nc(Nc3cccc(CN)c3)ncc1F)[C@H]2C(N)=O. The molecule has 2 aromatic rings. The van der Waals surface area contributed by atoms with Crippen molar-refractivity contribution in [3.8, 4) is 0 Å². The minimum absolute atomic E-state index is 0.0866. The van der Waals surface area contributed by atoms with E-state index in [0.29, 0.717) is 12.5 Å². The van der Waals surface area contributed by atoms with E-state index >= 15 is 0 Å². The summed E-state index contributed by atoms with van der Waals surface area (Å²) in [5.41, 5.74) is 13.0. The van der Waals surface area contributed by atoms with E-state index in [4.69, 9.17) is 11.5 Å². The fraction of sp³-hybridized carbons (Fsp3) is 0.450. The molecule has 0 aliphatic heterocycles. The van der Waals surface area contributed by atoms with Crippen molar-refractivity contribution in [1.82, 2.24) is 9.97 Å². The number of amides is 1. The van der Waals surface area contributed by atoms with Gasteiger partial charge in [-0.2, -0.15) is 4.98 Å². The quantitative estimate of drug-likeness (QED) is 0.607. The smallest absolute Gasteiger partial charge is 0.229 e. The second-order valence-electron chi connectivity index (χ2n) is 7.89. The van der Waals surface area contributed by atoms with E-state index in [0.717, 1.165) is 30.3 Å². The molecule has 0 saturated heterocycles. The number of rotatable bonds is 6. The van der Waals surface area contributed by atoms with Crippen molar-refractivity contribution in [1.29, 1.82) is 0 Å². The molecule has 2 saturated carbocycles. The van der Waals surface area contributed by atoms with E-state index in [1.165, 1.54) is 0 Å². The Balaban J connectivity index is 1.56. The predicted octanol–water partition coefficient (Wildman–Crippen LogP) is 2.38. The lowest BCUT2D eigenvalue weighted by Crippen LogP contribution is -2.44. The van der Waals surface area contributed by atoms with Crippen LogP contribution in [0, 0.1) is 29.5 Å². The molecule has 0 spiro atoms. The zero-order chi connectivity index (χ0) is 19.8. The number of halogens is 1. The van der Waals surface area contributed by atoms with Crippen LogP contribution in [0.25, 0.3) is 0 Å². The first-order chi connectivity index (χ1) is 13.5. The van der Waals surface area contributed by atoms with Crippen LogP contribution < -0.4 is 22.1 Å². The summed E-state index contributed by atoms with van der Waals surface area (Å²) in [5, 5.41) is 6.24. The van der Waals surface area contributed by atoms with Crippen molar-refractivity contribution in [2.75, 3.05) is 10.6 Å². The van der Waals surface area contributed by atoms with Gasteiger partial charge in [-0.05, 0) is 48.3 Å². The summed E-state index contributed by atoms with van der Waals surface area (Å²) in [4.78, 5) is 20.3. The molecular weight excluding hydrogens is 359 g/mol. The van der Waals surface area contributed by atoms with Gasteiger partial charge in [0.15, 0.2) is 11.6 Å². The van der Waals surface area contributed by atoms with Gasteiger partial charge in [-0.3, -0.25) is 4.79 Å². The number of anilines is 3. The highest BCUT2D eigenvalue weighted by Crippen LogP contribution is 2.52. The molecule has 1 aromatic heterocycles. The van der Waals surface area contributed by atoms with Crippen molar-refractivity contribution in [3.63, 3.8) is 0 Å². The Bertz CT molecular complexity index is 891. The van der Waals surface area contributed by atoms with Crippen LogP contribution in [-0.2, 0) is 11.3 Å². The molecule has 1 amide bonds. The van der Waals surface area contributed by atoms with Gasteiger partial charge in [0.2, 0.25) is 11.9 Å². The van der Waals surface area contributed by atoms with E-state index < -0.39 is 5.82 Å². The van der Waals surface area contributed by atoms with Gasteiger partial charge < -0.3 is 22.1 Å². The normalized spacial score (nSPS) is 28.3.